The van der Waals surface area contributed by atoms with Gasteiger partial charge in [-0.2, -0.15) is 0 Å². The van der Waals surface area contributed by atoms with Crippen molar-refractivity contribution in [2.45, 2.75) is 51.1 Å². The van der Waals surface area contributed by atoms with Gasteiger partial charge in [-0.25, -0.2) is 14.4 Å². The number of fused-ring (bicyclic) bond motifs is 4. The van der Waals surface area contributed by atoms with Gasteiger partial charge in [0.05, 0.1) is 0 Å². The van der Waals surface area contributed by atoms with Crippen molar-refractivity contribution in [3.8, 4) is 16.9 Å². The molecule has 3 aromatic rings. The predicted molar refractivity (Wildman–Crippen MR) is 125 cm³/mol. The molecular formula is C26H27FN4O. The van der Waals surface area contributed by atoms with Crippen molar-refractivity contribution in [1.29, 1.82) is 0 Å². The molecule has 2 saturated heterocycles. The van der Waals surface area contributed by atoms with Crippen LogP contribution in [0, 0.1) is 5.82 Å². The topological polar surface area (TPSA) is 61.3 Å². The van der Waals surface area contributed by atoms with Gasteiger partial charge in [0.25, 0.3) is 0 Å². The summed E-state index contributed by atoms with van der Waals surface area (Å²) >= 11 is 0. The van der Waals surface area contributed by atoms with E-state index in [9.17, 15) is 5.11 Å². The van der Waals surface area contributed by atoms with Gasteiger partial charge >= 0.3 is 0 Å². The summed E-state index contributed by atoms with van der Waals surface area (Å²) in [7, 11) is 0. The van der Waals surface area contributed by atoms with E-state index in [1.165, 1.54) is 12.8 Å². The van der Waals surface area contributed by atoms with Crippen LogP contribution in [0.3, 0.4) is 0 Å². The Morgan fingerprint density at radius 2 is 1.94 bits per heavy atom. The Hall–Kier alpha value is -2.99. The monoisotopic (exact) mass is 430 g/mol. The number of hydrogen-bond acceptors (Lipinski definition) is 5. The van der Waals surface area contributed by atoms with E-state index in [1.807, 2.05) is 25.1 Å². The van der Waals surface area contributed by atoms with Crippen molar-refractivity contribution in [2.75, 3.05) is 18.0 Å². The van der Waals surface area contributed by atoms with Crippen LogP contribution in [0.1, 0.15) is 43.1 Å². The summed E-state index contributed by atoms with van der Waals surface area (Å²) in [6, 6.07) is 8.17. The summed E-state index contributed by atoms with van der Waals surface area (Å²) in [6.45, 7) is 3.78. The van der Waals surface area contributed by atoms with Crippen molar-refractivity contribution in [3.05, 3.63) is 53.1 Å². The number of halogens is 1. The van der Waals surface area contributed by atoms with E-state index in [0.717, 1.165) is 48.3 Å². The zero-order valence-corrected chi connectivity index (χ0v) is 18.2. The molecule has 2 fully saturated rings. The lowest BCUT2D eigenvalue weighted by Crippen LogP contribution is -2.51. The zero-order valence-electron chi connectivity index (χ0n) is 18.2. The van der Waals surface area contributed by atoms with Gasteiger partial charge in [0.1, 0.15) is 22.9 Å². The molecule has 0 spiro atoms. The lowest BCUT2D eigenvalue weighted by molar-refractivity contribution is 0.464. The molecule has 3 aliphatic rings. The Balaban J connectivity index is 1.53. The lowest BCUT2D eigenvalue weighted by atomic mass is 9.89. The zero-order chi connectivity index (χ0) is 21.8. The first-order chi connectivity index (χ1) is 15.6. The van der Waals surface area contributed by atoms with Crippen LogP contribution >= 0.6 is 0 Å². The molecule has 2 aliphatic heterocycles. The molecule has 0 saturated carbocycles. The third kappa shape index (κ3) is 3.16. The minimum absolute atomic E-state index is 0.169. The van der Waals surface area contributed by atoms with Gasteiger partial charge in [-0.3, -0.25) is 0 Å². The fraction of sp³-hybridized carbons (Fsp3) is 0.385. The number of phenols is 1. The number of allylic oxidation sites excluding steroid dienone is 1. The maximum atomic E-state index is 16.1. The summed E-state index contributed by atoms with van der Waals surface area (Å²) in [4.78, 5) is 11.8. The number of aromatic hydroxyl groups is 1. The van der Waals surface area contributed by atoms with E-state index in [2.05, 4.69) is 21.3 Å². The number of benzene rings is 2. The second kappa shape index (κ2) is 7.55. The summed E-state index contributed by atoms with van der Waals surface area (Å²) < 4.78 is 16.1. The van der Waals surface area contributed by atoms with Gasteiger partial charge in [0.2, 0.25) is 0 Å². The second-order valence-electron chi connectivity index (χ2n) is 9.19. The van der Waals surface area contributed by atoms with Crippen molar-refractivity contribution in [1.82, 2.24) is 15.3 Å². The summed E-state index contributed by atoms with van der Waals surface area (Å²) in [5, 5.41) is 14.7. The van der Waals surface area contributed by atoms with Gasteiger partial charge in [-0.05, 0) is 60.6 Å². The van der Waals surface area contributed by atoms with Crippen LogP contribution in [-0.4, -0.2) is 40.2 Å². The molecule has 6 rings (SSSR count). The average molecular weight is 431 g/mol. The van der Waals surface area contributed by atoms with Crippen LogP contribution in [0.4, 0.5) is 10.2 Å². The highest BCUT2D eigenvalue weighted by Crippen LogP contribution is 2.39. The SMILES string of the molecule is CCc1nc(N2CC3CCC(C2)N3)c2ccc(-c3cc(O)cc4c3C=CCC4)c(F)c2n1. The minimum Gasteiger partial charge on any atom is -0.508 e. The van der Waals surface area contributed by atoms with Crippen molar-refractivity contribution >= 4 is 22.8 Å². The number of hydrogen-bond donors (Lipinski definition) is 2. The second-order valence-corrected chi connectivity index (χ2v) is 9.19. The standard InChI is InChI=1S/C26H27FN4O/c1-2-23-29-25-21(26(30-23)31-13-16-7-8-17(14-31)28-16)10-9-20(24(25)27)22-12-18(32)11-15-5-3-4-6-19(15)22/h4,6,9-12,16-17,28,32H,2-3,5,7-8,13-14H2,1H3. The molecule has 2 N–H and O–H groups in total. The van der Waals surface area contributed by atoms with E-state index >= 15 is 4.39 Å². The molecule has 2 bridgehead atoms. The molecule has 2 aromatic carbocycles. The number of phenolic OH excluding ortho intramolecular Hbond substituents is 1. The number of anilines is 1. The van der Waals surface area contributed by atoms with Crippen molar-refractivity contribution < 1.29 is 9.50 Å². The van der Waals surface area contributed by atoms with Crippen LogP contribution in [0.2, 0.25) is 0 Å². The molecule has 0 radical (unpaired) electrons. The summed E-state index contributed by atoms with van der Waals surface area (Å²) in [5.74, 6) is 1.33. The first-order valence-corrected chi connectivity index (χ1v) is 11.6. The van der Waals surface area contributed by atoms with Crippen LogP contribution in [0.15, 0.2) is 30.3 Å². The smallest absolute Gasteiger partial charge is 0.157 e. The molecule has 6 heteroatoms. The lowest BCUT2D eigenvalue weighted by Gasteiger charge is -2.34. The van der Waals surface area contributed by atoms with Gasteiger partial charge in [-0.1, -0.05) is 25.1 Å². The van der Waals surface area contributed by atoms with E-state index in [-0.39, 0.29) is 11.6 Å². The largest absolute Gasteiger partial charge is 0.508 e. The van der Waals surface area contributed by atoms with E-state index in [4.69, 9.17) is 4.98 Å². The highest BCUT2D eigenvalue weighted by molar-refractivity contribution is 5.94. The van der Waals surface area contributed by atoms with Gasteiger partial charge in [0.15, 0.2) is 5.82 Å². The van der Waals surface area contributed by atoms with Gasteiger partial charge in [-0.15, -0.1) is 0 Å². The summed E-state index contributed by atoms with van der Waals surface area (Å²) in [5.41, 5.74) is 3.59. The molecule has 32 heavy (non-hydrogen) atoms. The molecule has 0 amide bonds. The average Bonchev–Trinajstić information content (AvgIpc) is 3.15. The van der Waals surface area contributed by atoms with Crippen LogP contribution < -0.4 is 10.2 Å². The quantitative estimate of drug-likeness (QED) is 0.636. The van der Waals surface area contributed by atoms with Gasteiger partial charge in [0, 0.05) is 42.5 Å². The normalized spacial score (nSPS) is 21.9. The Morgan fingerprint density at radius 3 is 2.72 bits per heavy atom. The first-order valence-electron chi connectivity index (χ1n) is 11.6. The molecule has 2 unspecified atom stereocenters. The minimum atomic E-state index is -0.342. The number of rotatable bonds is 3. The molecule has 2 atom stereocenters. The maximum Gasteiger partial charge on any atom is 0.157 e. The molecule has 1 aliphatic carbocycles. The fourth-order valence-corrected chi connectivity index (χ4v) is 5.53. The predicted octanol–water partition coefficient (Wildman–Crippen LogP) is 4.60. The number of piperazine rings is 1. The molecule has 1 aromatic heterocycles. The van der Waals surface area contributed by atoms with Crippen LogP contribution in [-0.2, 0) is 12.8 Å². The molecule has 3 heterocycles. The Kier molecular flexibility index (Phi) is 4.65. The maximum absolute atomic E-state index is 16.1. The Morgan fingerprint density at radius 1 is 1.12 bits per heavy atom. The number of nitrogens with zero attached hydrogens (tertiary/aromatic N) is 3. The van der Waals surface area contributed by atoms with E-state index in [1.54, 1.807) is 12.1 Å². The third-order valence-electron chi connectivity index (χ3n) is 7.07. The van der Waals surface area contributed by atoms with E-state index < -0.39 is 0 Å². The van der Waals surface area contributed by atoms with Crippen LogP contribution in [0.5, 0.6) is 5.75 Å². The molecule has 5 nitrogen and oxygen atoms in total. The van der Waals surface area contributed by atoms with Crippen molar-refractivity contribution in [2.24, 2.45) is 0 Å². The highest BCUT2D eigenvalue weighted by Gasteiger charge is 2.34. The number of nitrogens with one attached hydrogen (secondary N) is 1. The first kappa shape index (κ1) is 19.7. The molecular weight excluding hydrogens is 403 g/mol. The molecule has 164 valence electrons. The highest BCUT2D eigenvalue weighted by atomic mass is 19.1. The Bertz CT molecular complexity index is 1240. The number of aromatic nitrogens is 2. The van der Waals surface area contributed by atoms with E-state index in [0.29, 0.717) is 41.0 Å². The number of aryl methyl sites for hydroxylation is 2. The van der Waals surface area contributed by atoms with Gasteiger partial charge < -0.3 is 15.3 Å². The van der Waals surface area contributed by atoms with Crippen LogP contribution in [0.25, 0.3) is 28.1 Å². The Labute approximate surface area is 187 Å². The summed E-state index contributed by atoms with van der Waals surface area (Å²) in [6.07, 6.45) is 8.93. The van der Waals surface area contributed by atoms with Crippen molar-refractivity contribution in [3.63, 3.8) is 0 Å². The third-order valence-corrected chi connectivity index (χ3v) is 7.07. The fourth-order valence-electron chi connectivity index (χ4n) is 5.53.